The fourth-order valence-electron chi connectivity index (χ4n) is 9.95. The lowest BCUT2D eigenvalue weighted by molar-refractivity contribution is -0.870. The van der Waals surface area contributed by atoms with Crippen LogP contribution in [0.3, 0.4) is 0 Å². The van der Waals surface area contributed by atoms with Crippen LogP contribution in [0.25, 0.3) is 0 Å². The zero-order valence-electron chi connectivity index (χ0n) is 57.6. The zero-order chi connectivity index (χ0) is 64.1. The quantitative estimate of drug-likeness (QED) is 0.0195. The highest BCUT2D eigenvalue weighted by Crippen LogP contribution is 2.38. The molecule has 0 saturated carbocycles. The number of hydrogen-bond acceptors (Lipinski definition) is 8. The summed E-state index contributed by atoms with van der Waals surface area (Å²) in [7, 11) is 1.12. The van der Waals surface area contributed by atoms with Crippen molar-refractivity contribution in [2.45, 2.75) is 315 Å². The summed E-state index contributed by atoms with van der Waals surface area (Å²) in [6, 6.07) is 0. The molecule has 0 amide bonds. The number of nitrogens with zero attached hydrogens (tertiary/aromatic N) is 1. The normalized spacial score (nSPS) is 13.8. The number of hydrogen-bond donors (Lipinski definition) is 0. The number of carbonyl (C=O) groups is 2. The first kappa shape index (κ1) is 84.4. The van der Waals surface area contributed by atoms with Crippen LogP contribution in [0.4, 0.5) is 0 Å². The van der Waals surface area contributed by atoms with Crippen molar-refractivity contribution in [3.8, 4) is 0 Å². The molecule has 88 heavy (non-hydrogen) atoms. The third kappa shape index (κ3) is 71.5. The first-order chi connectivity index (χ1) is 43.0. The molecular formula is C78H136NO8P. The maximum atomic E-state index is 12.8. The number of phosphoric acid groups is 1. The average molecular weight is 1250 g/mol. The molecule has 0 heterocycles. The zero-order valence-corrected chi connectivity index (χ0v) is 58.5. The van der Waals surface area contributed by atoms with Gasteiger partial charge in [0.2, 0.25) is 0 Å². The monoisotopic (exact) mass is 1250 g/mol. The summed E-state index contributed by atoms with van der Waals surface area (Å²) in [6.07, 6.45) is 97.4. The smallest absolute Gasteiger partial charge is 0.306 e. The van der Waals surface area contributed by atoms with Gasteiger partial charge in [-0.05, 0) is 103 Å². The summed E-state index contributed by atoms with van der Waals surface area (Å²) >= 11 is 0. The number of allylic oxidation sites excluding steroid dienone is 20. The van der Waals surface area contributed by atoms with Gasteiger partial charge in [-0.3, -0.25) is 14.2 Å². The SMILES string of the molecule is CC/C=C\C/C=C\C/C=C\C/C=C\C/C=C\C/C=C\C/C=C\C/C=C\C/C=C\CCCC(=O)OC(COC(=O)CCCCCCCCCCCCCCCCCCCCCCCCC/C=C\CCCCCCCCCC)COP(=O)([O-])OCC[N+](C)(C)C. The second-order valence-electron chi connectivity index (χ2n) is 25.2. The maximum absolute atomic E-state index is 12.8. The highest BCUT2D eigenvalue weighted by molar-refractivity contribution is 7.45. The molecule has 0 radical (unpaired) electrons. The van der Waals surface area contributed by atoms with Crippen molar-refractivity contribution in [3.63, 3.8) is 0 Å². The Bertz CT molecular complexity index is 1900. The fourth-order valence-corrected chi connectivity index (χ4v) is 10.7. The summed E-state index contributed by atoms with van der Waals surface area (Å²) in [4.78, 5) is 38.0. The van der Waals surface area contributed by atoms with Crippen LogP contribution in [0.5, 0.6) is 0 Å². The third-order valence-corrected chi connectivity index (χ3v) is 16.4. The third-order valence-electron chi connectivity index (χ3n) is 15.5. The van der Waals surface area contributed by atoms with Crippen LogP contribution in [-0.4, -0.2) is 70.0 Å². The van der Waals surface area contributed by atoms with Gasteiger partial charge < -0.3 is 27.9 Å². The van der Waals surface area contributed by atoms with Crippen LogP contribution in [0.15, 0.2) is 122 Å². The maximum Gasteiger partial charge on any atom is 0.306 e. The van der Waals surface area contributed by atoms with Crippen LogP contribution < -0.4 is 4.89 Å². The number of carbonyl (C=O) groups excluding carboxylic acids is 2. The Morgan fingerprint density at radius 1 is 0.364 bits per heavy atom. The Morgan fingerprint density at radius 2 is 0.659 bits per heavy atom. The van der Waals surface area contributed by atoms with E-state index in [1.165, 1.54) is 193 Å². The van der Waals surface area contributed by atoms with E-state index in [1.807, 2.05) is 27.2 Å². The van der Waals surface area contributed by atoms with E-state index in [9.17, 15) is 19.0 Å². The number of phosphoric ester groups is 1. The molecule has 0 aromatic carbocycles. The van der Waals surface area contributed by atoms with Gasteiger partial charge in [-0.2, -0.15) is 0 Å². The van der Waals surface area contributed by atoms with Gasteiger partial charge in [0.15, 0.2) is 6.10 Å². The highest BCUT2D eigenvalue weighted by Gasteiger charge is 2.22. The summed E-state index contributed by atoms with van der Waals surface area (Å²) in [5, 5.41) is 0. The Labute approximate surface area is 543 Å². The summed E-state index contributed by atoms with van der Waals surface area (Å²) in [5.74, 6) is -0.901. The number of ether oxygens (including phenoxy) is 2. The molecule has 0 rings (SSSR count). The van der Waals surface area contributed by atoms with E-state index in [-0.39, 0.29) is 26.1 Å². The molecule has 0 spiro atoms. The highest BCUT2D eigenvalue weighted by atomic mass is 31.2. The van der Waals surface area contributed by atoms with Crippen LogP contribution in [0, 0.1) is 0 Å². The molecule has 9 nitrogen and oxygen atoms in total. The first-order valence-corrected chi connectivity index (χ1v) is 37.7. The lowest BCUT2D eigenvalue weighted by atomic mass is 10.0. The predicted molar refractivity (Wildman–Crippen MR) is 378 cm³/mol. The molecular weight excluding hydrogens is 1110 g/mol. The van der Waals surface area contributed by atoms with E-state index in [4.69, 9.17) is 18.5 Å². The van der Waals surface area contributed by atoms with Gasteiger partial charge >= 0.3 is 11.9 Å². The van der Waals surface area contributed by atoms with Crippen LogP contribution in [0.1, 0.15) is 309 Å². The Hall–Kier alpha value is -3.59. The van der Waals surface area contributed by atoms with Crippen molar-refractivity contribution in [1.29, 1.82) is 0 Å². The van der Waals surface area contributed by atoms with Crippen molar-refractivity contribution in [3.05, 3.63) is 122 Å². The second-order valence-corrected chi connectivity index (χ2v) is 26.6. The molecule has 0 aromatic heterocycles. The Morgan fingerprint density at radius 3 is 1.01 bits per heavy atom. The fraction of sp³-hybridized carbons (Fsp3) is 0.718. The van der Waals surface area contributed by atoms with Crippen molar-refractivity contribution < 1.29 is 42.1 Å². The molecule has 0 aliphatic rings. The average Bonchev–Trinajstić information content (AvgIpc) is 3.68. The summed E-state index contributed by atoms with van der Waals surface area (Å²) in [6.45, 7) is 4.08. The van der Waals surface area contributed by atoms with Crippen molar-refractivity contribution >= 4 is 19.8 Å². The molecule has 0 aliphatic carbocycles. The standard InChI is InChI=1S/C78H136NO8P/c1-6-8-10-12-14-16-18-20-22-24-26-28-30-32-34-36-37-38-39-40-41-43-44-46-48-50-52-54-56-58-60-62-64-66-68-70-77(80)84-74-76(75-86-88(82,83)85-73-72-79(3,4)5)87-78(81)71-69-67-65-63-61-59-57-55-53-51-49-47-45-42-35-33-31-29-27-25-23-21-19-17-15-13-11-9-7-2/h9,11,15,17,21,23-24,26-27,29,33,35,45,47,51,53,57,59,63,65,76H,6-8,10,12-14,16,18-20,22,25,28,30-32,34,36-44,46,48-50,52,54-56,58,60-62,64,66-75H2,1-5H3/b11-9-,17-15-,23-21-,26-24-,29-27-,35-33-,47-45-,53-51-,59-57-,65-63-. The summed E-state index contributed by atoms with van der Waals surface area (Å²) in [5.41, 5.74) is 0. The number of unbranched alkanes of at least 4 members (excludes halogenated alkanes) is 32. The molecule has 0 bridgehead atoms. The van der Waals surface area contributed by atoms with E-state index in [0.717, 1.165) is 77.0 Å². The van der Waals surface area contributed by atoms with Gasteiger partial charge in [0.05, 0.1) is 27.7 Å². The van der Waals surface area contributed by atoms with Gasteiger partial charge in [0, 0.05) is 12.8 Å². The van der Waals surface area contributed by atoms with Gasteiger partial charge in [0.1, 0.15) is 19.8 Å². The van der Waals surface area contributed by atoms with Crippen molar-refractivity contribution in [2.24, 2.45) is 0 Å². The first-order valence-electron chi connectivity index (χ1n) is 36.2. The minimum absolute atomic E-state index is 0.0469. The molecule has 2 unspecified atom stereocenters. The van der Waals surface area contributed by atoms with Gasteiger partial charge in [-0.1, -0.05) is 315 Å². The van der Waals surface area contributed by atoms with Gasteiger partial charge in [0.25, 0.3) is 7.82 Å². The van der Waals surface area contributed by atoms with Crippen molar-refractivity contribution in [1.82, 2.24) is 0 Å². The van der Waals surface area contributed by atoms with Gasteiger partial charge in [-0.15, -0.1) is 0 Å². The number of esters is 2. The number of rotatable bonds is 66. The van der Waals surface area contributed by atoms with Crippen LogP contribution >= 0.6 is 7.82 Å². The lowest BCUT2D eigenvalue weighted by Gasteiger charge is -2.28. The molecule has 0 aliphatic heterocycles. The Balaban J connectivity index is 4.10. The Kier molecular flexibility index (Phi) is 65.0. The topological polar surface area (TPSA) is 111 Å². The molecule has 2 atom stereocenters. The summed E-state index contributed by atoms with van der Waals surface area (Å²) < 4.78 is 34.2. The van der Waals surface area contributed by atoms with E-state index >= 15 is 0 Å². The minimum atomic E-state index is -4.67. The van der Waals surface area contributed by atoms with Crippen molar-refractivity contribution in [2.75, 3.05) is 47.5 Å². The predicted octanol–water partition coefficient (Wildman–Crippen LogP) is 23.2. The van der Waals surface area contributed by atoms with E-state index in [2.05, 4.69) is 129 Å². The lowest BCUT2D eigenvalue weighted by Crippen LogP contribution is -2.37. The molecule has 506 valence electrons. The van der Waals surface area contributed by atoms with E-state index in [0.29, 0.717) is 23.9 Å². The molecule has 0 N–H and O–H groups in total. The molecule has 0 aromatic rings. The minimum Gasteiger partial charge on any atom is -0.756 e. The van der Waals surface area contributed by atoms with E-state index in [1.54, 1.807) is 0 Å². The largest absolute Gasteiger partial charge is 0.756 e. The van der Waals surface area contributed by atoms with Crippen LogP contribution in [-0.2, 0) is 32.7 Å². The molecule has 0 fully saturated rings. The molecule has 10 heteroatoms. The second kappa shape index (κ2) is 67.8. The number of quaternary nitrogens is 1. The molecule has 0 saturated heterocycles. The van der Waals surface area contributed by atoms with Crippen LogP contribution in [0.2, 0.25) is 0 Å². The number of likely N-dealkylation sites (N-methyl/N-ethyl adjacent to an activating group) is 1. The van der Waals surface area contributed by atoms with E-state index < -0.39 is 32.5 Å². The van der Waals surface area contributed by atoms with Gasteiger partial charge in [-0.25, -0.2) is 0 Å².